The van der Waals surface area contributed by atoms with Gasteiger partial charge < -0.3 is 24.3 Å². The highest BCUT2D eigenvalue weighted by Gasteiger charge is 2.41. The molecule has 1 N–H and O–H groups in total. The van der Waals surface area contributed by atoms with Gasteiger partial charge in [-0.25, -0.2) is 9.59 Å². The minimum Gasteiger partial charge on any atom is -0.491 e. The molecule has 0 spiro atoms. The van der Waals surface area contributed by atoms with Crippen molar-refractivity contribution >= 4 is 17.7 Å². The first kappa shape index (κ1) is 24.0. The molecule has 0 radical (unpaired) electrons. The minimum atomic E-state index is -0.859. The molecule has 3 atom stereocenters. The molecule has 1 aliphatic heterocycles. The van der Waals surface area contributed by atoms with Crippen molar-refractivity contribution in [3.05, 3.63) is 70.3 Å². The number of non-ortho nitro benzene ring substituents is 1. The number of hydrogen-bond acceptors (Lipinski definition) is 8. The summed E-state index contributed by atoms with van der Waals surface area (Å²) in [4.78, 5) is 34.7. The van der Waals surface area contributed by atoms with E-state index in [-0.39, 0.29) is 43.6 Å². The number of nitro benzene ring substituents is 1. The molecular weight excluding hydrogens is 432 g/mol. The lowest BCUT2D eigenvalue weighted by molar-refractivity contribution is -0.384. The van der Waals surface area contributed by atoms with Crippen molar-refractivity contribution in [2.75, 3.05) is 13.2 Å². The molecule has 1 heterocycles. The van der Waals surface area contributed by atoms with Crippen molar-refractivity contribution in [3.63, 3.8) is 0 Å². The molecule has 33 heavy (non-hydrogen) atoms. The highest BCUT2D eigenvalue weighted by atomic mass is 16.6. The number of carbonyl (C=O) groups is 2. The van der Waals surface area contributed by atoms with Crippen LogP contribution in [0.5, 0.6) is 5.75 Å². The van der Waals surface area contributed by atoms with Gasteiger partial charge in [0.2, 0.25) is 0 Å². The Morgan fingerprint density at radius 1 is 1.03 bits per heavy atom. The number of benzene rings is 2. The first-order chi connectivity index (χ1) is 15.8. The molecule has 0 saturated carbocycles. The van der Waals surface area contributed by atoms with Crippen LogP contribution in [0.4, 0.5) is 10.5 Å². The molecule has 176 valence electrons. The normalized spacial score (nSPS) is 17.7. The fourth-order valence-corrected chi connectivity index (χ4v) is 2.96. The van der Waals surface area contributed by atoms with E-state index in [1.165, 1.54) is 24.3 Å². The van der Waals surface area contributed by atoms with Gasteiger partial charge in [0.25, 0.3) is 5.69 Å². The number of carbonyl (C=O) groups excluding carboxylic acids is 2. The van der Waals surface area contributed by atoms with E-state index in [9.17, 15) is 19.7 Å². The van der Waals surface area contributed by atoms with Gasteiger partial charge in [-0.2, -0.15) is 0 Å². The monoisotopic (exact) mass is 458 g/mol. The van der Waals surface area contributed by atoms with Crippen LogP contribution in [0, 0.1) is 16.0 Å². The first-order valence-corrected chi connectivity index (χ1v) is 10.5. The smallest absolute Gasteiger partial charge is 0.408 e. The summed E-state index contributed by atoms with van der Waals surface area (Å²) in [6, 6.07) is 14.1. The van der Waals surface area contributed by atoms with Gasteiger partial charge in [0.1, 0.15) is 43.8 Å². The molecule has 3 rings (SSSR count). The first-order valence-electron chi connectivity index (χ1n) is 10.5. The quantitative estimate of drug-likeness (QED) is 0.235. The van der Waals surface area contributed by atoms with Gasteiger partial charge in [0.15, 0.2) is 0 Å². The van der Waals surface area contributed by atoms with E-state index < -0.39 is 23.0 Å². The summed E-state index contributed by atoms with van der Waals surface area (Å²) in [5.74, 6) is -0.305. The standard InChI is InChI=1S/C23H26N2O8/c1-15(2)21(24-23(27)32-12-16-6-4-3-5-7-16)22(26)31-14-20-19(33-20)13-30-18-10-8-17(9-11-18)25(28)29/h3-11,15,19-21H,12-14H2,1-2H3,(H,24,27)/t19-,20+,21?/m1/s1. The van der Waals surface area contributed by atoms with Gasteiger partial charge in [0, 0.05) is 12.1 Å². The van der Waals surface area contributed by atoms with E-state index in [0.717, 1.165) is 5.56 Å². The van der Waals surface area contributed by atoms with Crippen molar-refractivity contribution in [3.8, 4) is 5.75 Å². The molecule has 2 aromatic rings. The number of nitro groups is 1. The number of hydrogen-bond donors (Lipinski definition) is 1. The van der Waals surface area contributed by atoms with Crippen LogP contribution in [-0.2, 0) is 25.6 Å². The van der Waals surface area contributed by atoms with E-state index >= 15 is 0 Å². The van der Waals surface area contributed by atoms with Crippen molar-refractivity contribution in [2.45, 2.75) is 38.7 Å². The summed E-state index contributed by atoms with van der Waals surface area (Å²) < 4.78 is 21.5. The van der Waals surface area contributed by atoms with E-state index in [1.807, 2.05) is 30.3 Å². The van der Waals surface area contributed by atoms with Crippen LogP contribution in [0.1, 0.15) is 19.4 Å². The van der Waals surface area contributed by atoms with E-state index in [0.29, 0.717) is 5.75 Å². The summed E-state index contributed by atoms with van der Waals surface area (Å²) >= 11 is 0. The Balaban J connectivity index is 1.37. The van der Waals surface area contributed by atoms with E-state index in [4.69, 9.17) is 18.9 Å². The van der Waals surface area contributed by atoms with E-state index in [1.54, 1.807) is 13.8 Å². The number of epoxide rings is 1. The molecule has 1 amide bonds. The molecular formula is C23H26N2O8. The fraction of sp³-hybridized carbons (Fsp3) is 0.391. The lowest BCUT2D eigenvalue weighted by Gasteiger charge is -2.20. The maximum Gasteiger partial charge on any atom is 0.408 e. The maximum atomic E-state index is 12.5. The lowest BCUT2D eigenvalue weighted by Crippen LogP contribution is -2.45. The zero-order valence-electron chi connectivity index (χ0n) is 18.3. The Labute approximate surface area is 190 Å². The van der Waals surface area contributed by atoms with Crippen LogP contribution >= 0.6 is 0 Å². The molecule has 1 saturated heterocycles. The van der Waals surface area contributed by atoms with Gasteiger partial charge >= 0.3 is 12.1 Å². The summed E-state index contributed by atoms with van der Waals surface area (Å²) in [6.07, 6.45) is -1.27. The van der Waals surface area contributed by atoms with Gasteiger partial charge in [0.05, 0.1) is 4.92 Å². The lowest BCUT2D eigenvalue weighted by atomic mass is 10.1. The molecule has 10 heteroatoms. The third-order valence-electron chi connectivity index (χ3n) is 4.95. The summed E-state index contributed by atoms with van der Waals surface area (Å²) in [5, 5.41) is 13.2. The average Bonchev–Trinajstić information content (AvgIpc) is 3.57. The average molecular weight is 458 g/mol. The zero-order valence-corrected chi connectivity index (χ0v) is 18.3. The number of ether oxygens (including phenoxy) is 4. The van der Waals surface area contributed by atoms with Crippen LogP contribution < -0.4 is 10.1 Å². The highest BCUT2D eigenvalue weighted by molar-refractivity contribution is 5.81. The Morgan fingerprint density at radius 2 is 1.70 bits per heavy atom. The molecule has 1 aliphatic rings. The largest absolute Gasteiger partial charge is 0.491 e. The van der Waals surface area contributed by atoms with Crippen molar-refractivity contribution < 1.29 is 33.5 Å². The SMILES string of the molecule is CC(C)C(NC(=O)OCc1ccccc1)C(=O)OC[C@@H]1O[C@@H]1COc1ccc([N+](=O)[O-])cc1. The second-order valence-electron chi connectivity index (χ2n) is 7.83. The topological polar surface area (TPSA) is 130 Å². The summed E-state index contributed by atoms with van der Waals surface area (Å²) in [6.45, 7) is 3.92. The maximum absolute atomic E-state index is 12.5. The number of nitrogens with one attached hydrogen (secondary N) is 1. The van der Waals surface area contributed by atoms with Gasteiger partial charge in [-0.3, -0.25) is 10.1 Å². The third kappa shape index (κ3) is 7.46. The van der Waals surface area contributed by atoms with Gasteiger partial charge in [-0.15, -0.1) is 0 Å². The molecule has 0 bridgehead atoms. The van der Waals surface area contributed by atoms with Gasteiger partial charge in [-0.1, -0.05) is 44.2 Å². The van der Waals surface area contributed by atoms with Crippen LogP contribution in [-0.4, -0.2) is 48.4 Å². The molecule has 2 aromatic carbocycles. The summed E-state index contributed by atoms with van der Waals surface area (Å²) in [7, 11) is 0. The number of amides is 1. The molecule has 10 nitrogen and oxygen atoms in total. The third-order valence-corrected chi connectivity index (χ3v) is 4.95. The number of nitrogens with zero attached hydrogens (tertiary/aromatic N) is 1. The Hall–Kier alpha value is -3.66. The van der Waals surface area contributed by atoms with Crippen molar-refractivity contribution in [1.29, 1.82) is 0 Å². The Bertz CT molecular complexity index is 949. The van der Waals surface area contributed by atoms with Crippen LogP contribution in [0.15, 0.2) is 54.6 Å². The fourth-order valence-electron chi connectivity index (χ4n) is 2.96. The number of rotatable bonds is 11. The van der Waals surface area contributed by atoms with Crippen LogP contribution in [0.3, 0.4) is 0 Å². The highest BCUT2D eigenvalue weighted by Crippen LogP contribution is 2.25. The Kier molecular flexibility index (Phi) is 8.20. The minimum absolute atomic E-state index is 0.0212. The van der Waals surface area contributed by atoms with Crippen LogP contribution in [0.25, 0.3) is 0 Å². The number of alkyl carbamates (subject to hydrolysis) is 1. The molecule has 1 fully saturated rings. The predicted molar refractivity (Wildman–Crippen MR) is 117 cm³/mol. The summed E-state index contributed by atoms with van der Waals surface area (Å²) in [5.41, 5.74) is 0.816. The van der Waals surface area contributed by atoms with Crippen molar-refractivity contribution in [2.24, 2.45) is 5.92 Å². The van der Waals surface area contributed by atoms with Gasteiger partial charge in [-0.05, 0) is 23.6 Å². The number of esters is 1. The van der Waals surface area contributed by atoms with E-state index in [2.05, 4.69) is 5.32 Å². The zero-order chi connectivity index (χ0) is 23.8. The predicted octanol–water partition coefficient (Wildman–Crippen LogP) is 3.24. The Morgan fingerprint density at radius 3 is 2.33 bits per heavy atom. The molecule has 1 unspecified atom stereocenters. The molecule has 0 aromatic heterocycles. The second-order valence-corrected chi connectivity index (χ2v) is 7.83. The van der Waals surface area contributed by atoms with Crippen molar-refractivity contribution in [1.82, 2.24) is 5.32 Å². The van der Waals surface area contributed by atoms with Crippen LogP contribution in [0.2, 0.25) is 0 Å². The second kappa shape index (κ2) is 11.3. The molecule has 0 aliphatic carbocycles.